The van der Waals surface area contributed by atoms with Crippen LogP contribution in [0.15, 0.2) is 18.2 Å². The Bertz CT molecular complexity index is 648. The molecule has 0 bridgehead atoms. The summed E-state index contributed by atoms with van der Waals surface area (Å²) in [6, 6.07) is 4.61. The normalized spacial score (nSPS) is 10.5. The molecule has 1 heterocycles. The fourth-order valence-corrected chi connectivity index (χ4v) is 1.90. The van der Waals surface area contributed by atoms with Crippen molar-refractivity contribution in [3.8, 4) is 11.4 Å². The molecule has 0 aliphatic rings. The van der Waals surface area contributed by atoms with Gasteiger partial charge in [-0.3, -0.25) is 10.1 Å². The Labute approximate surface area is 115 Å². The van der Waals surface area contributed by atoms with E-state index >= 15 is 0 Å². The minimum absolute atomic E-state index is 0.0125. The van der Waals surface area contributed by atoms with Crippen LogP contribution in [0.5, 0.6) is 0 Å². The van der Waals surface area contributed by atoms with Gasteiger partial charge in [-0.05, 0) is 26.3 Å². The van der Waals surface area contributed by atoms with E-state index in [0.29, 0.717) is 16.5 Å². The molecular formula is C13H12ClN3O2. The molecule has 0 aliphatic heterocycles. The highest BCUT2D eigenvalue weighted by atomic mass is 35.5. The first-order valence-corrected chi connectivity index (χ1v) is 6.04. The van der Waals surface area contributed by atoms with E-state index in [1.807, 2.05) is 20.8 Å². The topological polar surface area (TPSA) is 68.9 Å². The van der Waals surface area contributed by atoms with Gasteiger partial charge in [0.05, 0.1) is 4.92 Å². The summed E-state index contributed by atoms with van der Waals surface area (Å²) in [5, 5.41) is 11.2. The van der Waals surface area contributed by atoms with Gasteiger partial charge in [-0.25, -0.2) is 9.97 Å². The standard InChI is InChI=1S/C13H12ClN3O2/c1-7-4-5-10(17(18)19)6-11(7)13-15-9(3)8(2)12(14)16-13/h4-6H,1-3H3. The molecule has 0 amide bonds. The monoisotopic (exact) mass is 277 g/mol. The number of nitro groups is 1. The smallest absolute Gasteiger partial charge is 0.258 e. The van der Waals surface area contributed by atoms with Gasteiger partial charge in [0, 0.05) is 29.0 Å². The Balaban J connectivity index is 2.64. The molecule has 98 valence electrons. The van der Waals surface area contributed by atoms with E-state index in [0.717, 1.165) is 16.8 Å². The van der Waals surface area contributed by atoms with Gasteiger partial charge in [0.2, 0.25) is 0 Å². The fraction of sp³-hybridized carbons (Fsp3) is 0.231. The number of benzene rings is 1. The lowest BCUT2D eigenvalue weighted by Gasteiger charge is -2.08. The number of non-ortho nitro benzene ring substituents is 1. The van der Waals surface area contributed by atoms with Crippen LogP contribution >= 0.6 is 11.6 Å². The summed E-state index contributed by atoms with van der Waals surface area (Å²) in [5.74, 6) is 0.411. The average molecular weight is 278 g/mol. The predicted octanol–water partition coefficient (Wildman–Crippen LogP) is 3.63. The summed E-state index contributed by atoms with van der Waals surface area (Å²) in [7, 11) is 0. The number of aryl methyl sites for hydroxylation is 2. The van der Waals surface area contributed by atoms with Crippen LogP contribution in [-0.2, 0) is 0 Å². The van der Waals surface area contributed by atoms with Gasteiger partial charge < -0.3 is 0 Å². The van der Waals surface area contributed by atoms with Gasteiger partial charge >= 0.3 is 0 Å². The number of halogens is 1. The summed E-state index contributed by atoms with van der Waals surface area (Å²) in [6.07, 6.45) is 0. The second-order valence-electron chi connectivity index (χ2n) is 4.30. The minimum atomic E-state index is -0.439. The van der Waals surface area contributed by atoms with E-state index < -0.39 is 4.92 Å². The van der Waals surface area contributed by atoms with Crippen LogP contribution in [0.4, 0.5) is 5.69 Å². The third kappa shape index (κ3) is 2.56. The van der Waals surface area contributed by atoms with Crippen LogP contribution in [0.3, 0.4) is 0 Å². The third-order valence-corrected chi connectivity index (χ3v) is 3.37. The van der Waals surface area contributed by atoms with Gasteiger partial charge in [-0.15, -0.1) is 0 Å². The molecular weight excluding hydrogens is 266 g/mol. The summed E-state index contributed by atoms with van der Waals surface area (Å²) >= 11 is 6.04. The van der Waals surface area contributed by atoms with E-state index in [-0.39, 0.29) is 5.69 Å². The fourth-order valence-electron chi connectivity index (χ4n) is 1.68. The molecule has 2 aromatic rings. The molecule has 0 saturated carbocycles. The molecule has 0 N–H and O–H groups in total. The highest BCUT2D eigenvalue weighted by molar-refractivity contribution is 6.30. The average Bonchev–Trinajstić information content (AvgIpc) is 2.35. The van der Waals surface area contributed by atoms with Crippen molar-refractivity contribution in [2.75, 3.05) is 0 Å². The quantitative estimate of drug-likeness (QED) is 0.477. The Kier molecular flexibility index (Phi) is 3.48. The molecule has 0 radical (unpaired) electrons. The molecule has 2 rings (SSSR count). The molecule has 19 heavy (non-hydrogen) atoms. The van der Waals surface area contributed by atoms with Crippen LogP contribution in [0, 0.1) is 30.9 Å². The maximum atomic E-state index is 10.8. The molecule has 6 heteroatoms. The maximum absolute atomic E-state index is 10.8. The van der Waals surface area contributed by atoms with Crippen LogP contribution < -0.4 is 0 Å². The zero-order valence-electron chi connectivity index (χ0n) is 10.8. The molecule has 1 aromatic heterocycles. The lowest BCUT2D eigenvalue weighted by atomic mass is 10.1. The van der Waals surface area contributed by atoms with Crippen molar-refractivity contribution >= 4 is 17.3 Å². The molecule has 1 aromatic carbocycles. The summed E-state index contributed by atoms with van der Waals surface area (Å²) < 4.78 is 0. The molecule has 0 aliphatic carbocycles. The van der Waals surface area contributed by atoms with Gasteiger partial charge in [0.25, 0.3) is 5.69 Å². The Morgan fingerprint density at radius 3 is 2.47 bits per heavy atom. The number of rotatable bonds is 2. The van der Waals surface area contributed by atoms with Crippen molar-refractivity contribution in [3.05, 3.63) is 50.3 Å². The molecule has 0 atom stereocenters. The van der Waals surface area contributed by atoms with Gasteiger partial charge in [0.1, 0.15) is 5.15 Å². The summed E-state index contributed by atoms with van der Waals surface area (Å²) in [5.41, 5.74) is 3.08. The van der Waals surface area contributed by atoms with Gasteiger partial charge in [-0.1, -0.05) is 17.7 Å². The molecule has 0 saturated heterocycles. The number of nitro benzene ring substituents is 1. The Morgan fingerprint density at radius 1 is 1.21 bits per heavy atom. The van der Waals surface area contributed by atoms with Crippen molar-refractivity contribution in [1.29, 1.82) is 0 Å². The van der Waals surface area contributed by atoms with Crippen LogP contribution in [0.2, 0.25) is 5.15 Å². The molecule has 0 unspecified atom stereocenters. The van der Waals surface area contributed by atoms with E-state index in [2.05, 4.69) is 9.97 Å². The van der Waals surface area contributed by atoms with Crippen molar-refractivity contribution < 1.29 is 4.92 Å². The first-order chi connectivity index (χ1) is 8.90. The van der Waals surface area contributed by atoms with Crippen LogP contribution in [0.1, 0.15) is 16.8 Å². The highest BCUT2D eigenvalue weighted by Crippen LogP contribution is 2.27. The predicted molar refractivity (Wildman–Crippen MR) is 73.3 cm³/mol. The van der Waals surface area contributed by atoms with Crippen molar-refractivity contribution in [2.45, 2.75) is 20.8 Å². The van der Waals surface area contributed by atoms with Gasteiger partial charge in [0.15, 0.2) is 5.82 Å². The molecule has 0 fully saturated rings. The number of hydrogen-bond acceptors (Lipinski definition) is 4. The zero-order chi connectivity index (χ0) is 14.2. The lowest BCUT2D eigenvalue weighted by molar-refractivity contribution is -0.384. The maximum Gasteiger partial charge on any atom is 0.270 e. The summed E-state index contributed by atoms with van der Waals surface area (Å²) in [6.45, 7) is 5.52. The SMILES string of the molecule is Cc1ccc([N+](=O)[O-])cc1-c1nc(C)c(C)c(Cl)n1. The number of hydrogen-bond donors (Lipinski definition) is 0. The second-order valence-corrected chi connectivity index (χ2v) is 4.66. The minimum Gasteiger partial charge on any atom is -0.258 e. The first kappa shape index (κ1) is 13.4. The van der Waals surface area contributed by atoms with Crippen molar-refractivity contribution in [3.63, 3.8) is 0 Å². The number of aromatic nitrogens is 2. The lowest BCUT2D eigenvalue weighted by Crippen LogP contribution is -1.99. The van der Waals surface area contributed by atoms with Gasteiger partial charge in [-0.2, -0.15) is 0 Å². The second kappa shape index (κ2) is 4.93. The van der Waals surface area contributed by atoms with E-state index in [1.165, 1.54) is 12.1 Å². The third-order valence-electron chi connectivity index (χ3n) is 3.00. The zero-order valence-corrected chi connectivity index (χ0v) is 11.5. The molecule has 0 spiro atoms. The van der Waals surface area contributed by atoms with E-state index in [9.17, 15) is 10.1 Å². The van der Waals surface area contributed by atoms with Crippen LogP contribution in [-0.4, -0.2) is 14.9 Å². The van der Waals surface area contributed by atoms with E-state index in [4.69, 9.17) is 11.6 Å². The largest absolute Gasteiger partial charge is 0.270 e. The first-order valence-electron chi connectivity index (χ1n) is 5.66. The Hall–Kier alpha value is -2.01. The molecule has 5 nitrogen and oxygen atoms in total. The van der Waals surface area contributed by atoms with E-state index in [1.54, 1.807) is 6.07 Å². The Morgan fingerprint density at radius 2 is 1.89 bits per heavy atom. The van der Waals surface area contributed by atoms with Crippen molar-refractivity contribution in [2.24, 2.45) is 0 Å². The summed E-state index contributed by atoms with van der Waals surface area (Å²) in [4.78, 5) is 18.9. The number of nitrogens with zero attached hydrogens (tertiary/aromatic N) is 3. The van der Waals surface area contributed by atoms with Crippen LogP contribution in [0.25, 0.3) is 11.4 Å². The van der Waals surface area contributed by atoms with Crippen molar-refractivity contribution in [1.82, 2.24) is 9.97 Å². The highest BCUT2D eigenvalue weighted by Gasteiger charge is 2.14.